The summed E-state index contributed by atoms with van der Waals surface area (Å²) in [6.45, 7) is 5.55. The van der Waals surface area contributed by atoms with E-state index in [1.807, 2.05) is 26.8 Å². The second-order valence-corrected chi connectivity index (χ2v) is 9.41. The average molecular weight is 425 g/mol. The van der Waals surface area contributed by atoms with E-state index in [9.17, 15) is 14.7 Å². The molecule has 2 saturated carbocycles. The van der Waals surface area contributed by atoms with Crippen molar-refractivity contribution in [2.75, 3.05) is 5.32 Å². The molecule has 2 aliphatic carbocycles. The number of carbonyl (C=O) groups excluding carboxylic acids is 1. The first-order valence-corrected chi connectivity index (χ1v) is 9.63. The van der Waals surface area contributed by atoms with Crippen molar-refractivity contribution in [3.8, 4) is 0 Å². The zero-order valence-electron chi connectivity index (χ0n) is 15.3. The van der Waals surface area contributed by atoms with Gasteiger partial charge in [-0.1, -0.05) is 15.9 Å². The summed E-state index contributed by atoms with van der Waals surface area (Å²) in [4.78, 5) is 23.2. The third kappa shape index (κ3) is 4.31. The Morgan fingerprint density at radius 1 is 1.19 bits per heavy atom. The summed E-state index contributed by atoms with van der Waals surface area (Å²) in [6, 6.07) is 5.58. The van der Waals surface area contributed by atoms with Crippen molar-refractivity contribution in [1.29, 1.82) is 0 Å². The monoisotopic (exact) mass is 424 g/mol. The third-order valence-corrected chi connectivity index (χ3v) is 5.50. The van der Waals surface area contributed by atoms with Crippen LogP contribution in [-0.4, -0.2) is 34.9 Å². The lowest BCUT2D eigenvalue weighted by atomic mass is 9.52. The van der Waals surface area contributed by atoms with E-state index in [1.165, 1.54) is 0 Å². The van der Waals surface area contributed by atoms with Gasteiger partial charge in [-0.2, -0.15) is 0 Å². The minimum absolute atomic E-state index is 0.172. The predicted octanol–water partition coefficient (Wildman–Crippen LogP) is 4.40. The van der Waals surface area contributed by atoms with E-state index >= 15 is 0 Å². The number of carboxylic acid groups (broad SMARTS) is 1. The molecule has 1 spiro atoms. The Hall–Kier alpha value is -1.76. The third-order valence-electron chi connectivity index (χ3n) is 5.01. The van der Waals surface area contributed by atoms with Crippen molar-refractivity contribution >= 4 is 33.7 Å². The van der Waals surface area contributed by atoms with E-state index in [1.54, 1.807) is 12.1 Å². The Morgan fingerprint density at radius 3 is 2.38 bits per heavy atom. The largest absolute Gasteiger partial charge is 0.478 e. The van der Waals surface area contributed by atoms with Gasteiger partial charge in [0.05, 0.1) is 11.3 Å². The molecule has 2 fully saturated rings. The number of hydrogen-bond donors (Lipinski definition) is 3. The predicted molar refractivity (Wildman–Crippen MR) is 103 cm³/mol. The summed E-state index contributed by atoms with van der Waals surface area (Å²) < 4.78 is 6.14. The molecular weight excluding hydrogens is 400 g/mol. The van der Waals surface area contributed by atoms with Crippen molar-refractivity contribution in [2.45, 2.75) is 64.1 Å². The first-order chi connectivity index (χ1) is 12.1. The van der Waals surface area contributed by atoms with Gasteiger partial charge in [-0.15, -0.1) is 0 Å². The lowest BCUT2D eigenvalue weighted by molar-refractivity contribution is -0.0178. The Kier molecular flexibility index (Phi) is 4.94. The highest BCUT2D eigenvalue weighted by molar-refractivity contribution is 9.10. The van der Waals surface area contributed by atoms with Gasteiger partial charge in [0, 0.05) is 16.6 Å². The van der Waals surface area contributed by atoms with Crippen LogP contribution < -0.4 is 10.6 Å². The standard InChI is InChI=1S/C19H25BrN2O4/c1-18(2,3)26-17(25)22-13-9-19(10-13)7-12(8-19)21-15-6-11(20)4-5-14(15)16(23)24/h4-6,12-13,21H,7-10H2,1-3H3,(H,22,25)(H,23,24). The number of carbonyl (C=O) groups is 2. The molecule has 142 valence electrons. The molecule has 0 unspecified atom stereocenters. The maximum absolute atomic E-state index is 11.8. The minimum atomic E-state index is -0.931. The number of halogens is 1. The van der Waals surface area contributed by atoms with Crippen LogP contribution in [-0.2, 0) is 4.74 Å². The van der Waals surface area contributed by atoms with Crippen LogP contribution in [0.2, 0.25) is 0 Å². The molecule has 2 aliphatic rings. The Morgan fingerprint density at radius 2 is 1.81 bits per heavy atom. The highest BCUT2D eigenvalue weighted by Crippen LogP contribution is 2.56. The number of amides is 1. The summed E-state index contributed by atoms with van der Waals surface area (Å²) in [5, 5.41) is 15.6. The molecule has 0 saturated heterocycles. The molecule has 1 amide bonds. The molecule has 7 heteroatoms. The number of hydrogen-bond acceptors (Lipinski definition) is 4. The van der Waals surface area contributed by atoms with Crippen molar-refractivity contribution in [3.05, 3.63) is 28.2 Å². The smallest absolute Gasteiger partial charge is 0.407 e. The van der Waals surface area contributed by atoms with Crippen LogP contribution in [0.3, 0.4) is 0 Å². The fraction of sp³-hybridized carbons (Fsp3) is 0.579. The molecule has 0 heterocycles. The average Bonchev–Trinajstić information content (AvgIpc) is 2.40. The number of anilines is 1. The molecule has 0 aliphatic heterocycles. The van der Waals surface area contributed by atoms with Crippen molar-refractivity contribution < 1.29 is 19.4 Å². The topological polar surface area (TPSA) is 87.7 Å². The lowest BCUT2D eigenvalue weighted by Gasteiger charge is -2.58. The van der Waals surface area contributed by atoms with Gasteiger partial charge in [-0.05, 0) is 70.1 Å². The summed E-state index contributed by atoms with van der Waals surface area (Å²) in [6.07, 6.45) is 3.53. The molecule has 1 aromatic rings. The Labute approximate surface area is 161 Å². The van der Waals surface area contributed by atoms with Crippen LogP contribution in [0.25, 0.3) is 0 Å². The van der Waals surface area contributed by atoms with E-state index in [4.69, 9.17) is 4.74 Å². The number of carboxylic acids is 1. The van der Waals surface area contributed by atoms with Crippen molar-refractivity contribution in [3.63, 3.8) is 0 Å². The molecule has 0 atom stereocenters. The van der Waals surface area contributed by atoms with Gasteiger partial charge in [-0.25, -0.2) is 9.59 Å². The molecule has 0 bridgehead atoms. The van der Waals surface area contributed by atoms with Crippen LogP contribution in [0.1, 0.15) is 56.8 Å². The number of benzene rings is 1. The summed E-state index contributed by atoms with van der Waals surface area (Å²) in [5.41, 5.74) is 0.719. The molecule has 0 aromatic heterocycles. The summed E-state index contributed by atoms with van der Waals surface area (Å²) in [7, 11) is 0. The lowest BCUT2D eigenvalue weighted by Crippen LogP contribution is -2.59. The maximum atomic E-state index is 11.8. The number of nitrogens with one attached hydrogen (secondary N) is 2. The van der Waals surface area contributed by atoms with Gasteiger partial charge in [0.25, 0.3) is 0 Å². The summed E-state index contributed by atoms with van der Waals surface area (Å²) >= 11 is 3.39. The van der Waals surface area contributed by atoms with E-state index < -0.39 is 11.6 Å². The minimum Gasteiger partial charge on any atom is -0.478 e. The van der Waals surface area contributed by atoms with Crippen LogP contribution in [0.4, 0.5) is 10.5 Å². The second-order valence-electron chi connectivity index (χ2n) is 8.50. The number of aromatic carboxylic acids is 1. The van der Waals surface area contributed by atoms with Gasteiger partial charge in [0.2, 0.25) is 0 Å². The normalized spacial score (nSPS) is 27.2. The van der Waals surface area contributed by atoms with Crippen molar-refractivity contribution in [2.24, 2.45) is 5.41 Å². The highest BCUT2D eigenvalue weighted by atomic mass is 79.9. The van der Waals surface area contributed by atoms with Gasteiger partial charge in [-0.3, -0.25) is 0 Å². The van der Waals surface area contributed by atoms with Gasteiger partial charge >= 0.3 is 12.1 Å². The molecule has 26 heavy (non-hydrogen) atoms. The zero-order chi connectivity index (χ0) is 19.1. The number of ether oxygens (including phenoxy) is 1. The molecule has 0 radical (unpaired) electrons. The highest BCUT2D eigenvalue weighted by Gasteiger charge is 2.53. The Balaban J connectivity index is 1.47. The number of rotatable bonds is 4. The van der Waals surface area contributed by atoms with Crippen LogP contribution in [0.15, 0.2) is 22.7 Å². The molecule has 3 N–H and O–H groups in total. The fourth-order valence-corrected chi connectivity index (χ4v) is 4.39. The van der Waals surface area contributed by atoms with Gasteiger partial charge in [0.15, 0.2) is 0 Å². The van der Waals surface area contributed by atoms with E-state index in [0.29, 0.717) is 5.69 Å². The first-order valence-electron chi connectivity index (χ1n) is 8.84. The number of alkyl carbamates (subject to hydrolysis) is 1. The molecule has 6 nitrogen and oxygen atoms in total. The first kappa shape index (κ1) is 19.0. The van der Waals surface area contributed by atoms with E-state index in [2.05, 4.69) is 26.6 Å². The van der Waals surface area contributed by atoms with Crippen LogP contribution in [0.5, 0.6) is 0 Å². The Bertz CT molecular complexity index is 715. The second kappa shape index (κ2) is 6.76. The maximum Gasteiger partial charge on any atom is 0.407 e. The van der Waals surface area contributed by atoms with Crippen molar-refractivity contribution in [1.82, 2.24) is 5.32 Å². The van der Waals surface area contributed by atoms with Crippen LogP contribution in [0, 0.1) is 5.41 Å². The quantitative estimate of drug-likeness (QED) is 0.666. The van der Waals surface area contributed by atoms with Crippen LogP contribution >= 0.6 is 15.9 Å². The van der Waals surface area contributed by atoms with E-state index in [-0.39, 0.29) is 29.2 Å². The molecule has 3 rings (SSSR count). The van der Waals surface area contributed by atoms with E-state index in [0.717, 1.165) is 30.2 Å². The fourth-order valence-electron chi connectivity index (χ4n) is 4.03. The molecular formula is C19H25BrN2O4. The SMILES string of the molecule is CC(C)(C)OC(=O)NC1CC2(C1)CC(Nc1cc(Br)ccc1C(=O)O)C2. The van der Waals surface area contributed by atoms with Gasteiger partial charge < -0.3 is 20.5 Å². The summed E-state index contributed by atoms with van der Waals surface area (Å²) in [5.74, 6) is -0.931. The zero-order valence-corrected chi connectivity index (χ0v) is 16.9. The molecule has 1 aromatic carbocycles. The van der Waals surface area contributed by atoms with Gasteiger partial charge in [0.1, 0.15) is 5.60 Å².